The van der Waals surface area contributed by atoms with Crippen LogP contribution in [0.1, 0.15) is 52.4 Å². The Bertz CT molecular complexity index is 270. The Morgan fingerprint density at radius 1 is 1.18 bits per heavy atom. The molecule has 3 rings (SSSR count). The molecule has 2 atom stereocenters. The summed E-state index contributed by atoms with van der Waals surface area (Å²) in [5.41, 5.74) is 0.568. The van der Waals surface area contributed by atoms with Crippen LogP contribution in [0.5, 0.6) is 0 Å². The Balaban J connectivity index is 1.49. The summed E-state index contributed by atoms with van der Waals surface area (Å²) >= 11 is 0. The summed E-state index contributed by atoms with van der Waals surface area (Å²) in [4.78, 5) is 2.80. The lowest BCUT2D eigenvalue weighted by atomic mass is 9.86. The summed E-state index contributed by atoms with van der Waals surface area (Å²) in [5, 5.41) is 3.70. The predicted octanol–water partition coefficient (Wildman–Crippen LogP) is 2.64. The second-order valence-electron chi connectivity index (χ2n) is 7.23. The standard InChI is InChI=1S/C15H28N2/c1-15(2)8-3-4-14(15)17-9-7-12(11-17)10-16-13-5-6-13/h12-14,16H,3-11H2,1-2H3. The van der Waals surface area contributed by atoms with Gasteiger partial charge in [-0.1, -0.05) is 20.3 Å². The van der Waals surface area contributed by atoms with E-state index in [-0.39, 0.29) is 0 Å². The first kappa shape index (κ1) is 12.0. The van der Waals surface area contributed by atoms with Gasteiger partial charge in [0.1, 0.15) is 0 Å². The van der Waals surface area contributed by atoms with Crippen molar-refractivity contribution in [3.05, 3.63) is 0 Å². The summed E-state index contributed by atoms with van der Waals surface area (Å²) in [7, 11) is 0. The van der Waals surface area contributed by atoms with Crippen LogP contribution in [-0.4, -0.2) is 36.6 Å². The molecule has 0 bridgehead atoms. The zero-order valence-corrected chi connectivity index (χ0v) is 11.5. The van der Waals surface area contributed by atoms with E-state index in [4.69, 9.17) is 0 Å². The molecule has 0 aromatic carbocycles. The second-order valence-corrected chi connectivity index (χ2v) is 7.23. The second kappa shape index (κ2) is 4.55. The molecule has 0 aromatic rings. The maximum atomic E-state index is 3.70. The highest BCUT2D eigenvalue weighted by molar-refractivity contribution is 4.95. The maximum absolute atomic E-state index is 3.70. The van der Waals surface area contributed by atoms with E-state index in [9.17, 15) is 0 Å². The van der Waals surface area contributed by atoms with E-state index >= 15 is 0 Å². The van der Waals surface area contributed by atoms with Gasteiger partial charge in [-0.05, 0) is 56.5 Å². The van der Waals surface area contributed by atoms with Crippen LogP contribution in [0.25, 0.3) is 0 Å². The molecule has 2 unspecified atom stereocenters. The minimum Gasteiger partial charge on any atom is -0.314 e. The molecule has 17 heavy (non-hydrogen) atoms. The Kier molecular flexibility index (Phi) is 3.20. The van der Waals surface area contributed by atoms with Crippen molar-refractivity contribution in [2.45, 2.75) is 64.5 Å². The topological polar surface area (TPSA) is 15.3 Å². The smallest absolute Gasteiger partial charge is 0.0146 e. The largest absolute Gasteiger partial charge is 0.314 e. The summed E-state index contributed by atoms with van der Waals surface area (Å²) in [6.45, 7) is 8.92. The van der Waals surface area contributed by atoms with Crippen LogP contribution in [0, 0.1) is 11.3 Å². The van der Waals surface area contributed by atoms with Gasteiger partial charge in [0.05, 0.1) is 0 Å². The van der Waals surface area contributed by atoms with Crippen LogP contribution in [0.3, 0.4) is 0 Å². The molecule has 2 nitrogen and oxygen atoms in total. The van der Waals surface area contributed by atoms with Gasteiger partial charge in [-0.2, -0.15) is 0 Å². The lowest BCUT2D eigenvalue weighted by molar-refractivity contribution is 0.135. The molecule has 2 saturated carbocycles. The van der Waals surface area contributed by atoms with E-state index in [1.165, 1.54) is 58.2 Å². The monoisotopic (exact) mass is 236 g/mol. The lowest BCUT2D eigenvalue weighted by Crippen LogP contribution is -2.41. The van der Waals surface area contributed by atoms with Gasteiger partial charge in [0.2, 0.25) is 0 Å². The minimum atomic E-state index is 0.568. The third-order valence-electron chi connectivity index (χ3n) is 5.23. The number of hydrogen-bond acceptors (Lipinski definition) is 2. The summed E-state index contributed by atoms with van der Waals surface area (Å²) in [6, 6.07) is 1.75. The zero-order chi connectivity index (χ0) is 11.9. The predicted molar refractivity (Wildman–Crippen MR) is 72.1 cm³/mol. The number of hydrogen-bond donors (Lipinski definition) is 1. The van der Waals surface area contributed by atoms with E-state index in [0.717, 1.165) is 18.0 Å². The van der Waals surface area contributed by atoms with Crippen LogP contribution in [-0.2, 0) is 0 Å². The Morgan fingerprint density at radius 2 is 2.00 bits per heavy atom. The minimum absolute atomic E-state index is 0.568. The van der Waals surface area contributed by atoms with Crippen molar-refractivity contribution in [2.75, 3.05) is 19.6 Å². The normalized spacial score (nSPS) is 37.8. The fourth-order valence-corrected chi connectivity index (χ4v) is 3.92. The summed E-state index contributed by atoms with van der Waals surface area (Å²) in [5.74, 6) is 0.923. The molecule has 1 saturated heterocycles. The Labute approximate surface area is 106 Å². The van der Waals surface area contributed by atoms with Crippen LogP contribution >= 0.6 is 0 Å². The molecule has 2 heteroatoms. The third-order valence-corrected chi connectivity index (χ3v) is 5.23. The molecule has 3 fully saturated rings. The molecular weight excluding hydrogens is 208 g/mol. The molecule has 0 amide bonds. The van der Waals surface area contributed by atoms with Crippen molar-refractivity contribution < 1.29 is 0 Å². The van der Waals surface area contributed by atoms with Gasteiger partial charge in [-0.25, -0.2) is 0 Å². The van der Waals surface area contributed by atoms with E-state index < -0.39 is 0 Å². The average molecular weight is 236 g/mol. The van der Waals surface area contributed by atoms with Gasteiger partial charge in [0.25, 0.3) is 0 Å². The Hall–Kier alpha value is -0.0800. The molecule has 98 valence electrons. The number of rotatable bonds is 4. The van der Waals surface area contributed by atoms with Crippen molar-refractivity contribution in [2.24, 2.45) is 11.3 Å². The third kappa shape index (κ3) is 2.68. The van der Waals surface area contributed by atoms with Gasteiger partial charge in [-0.3, -0.25) is 4.90 Å². The fourth-order valence-electron chi connectivity index (χ4n) is 3.92. The molecule has 1 aliphatic heterocycles. The molecule has 2 aliphatic carbocycles. The lowest BCUT2D eigenvalue weighted by Gasteiger charge is -2.35. The maximum Gasteiger partial charge on any atom is 0.0146 e. The van der Waals surface area contributed by atoms with Crippen LogP contribution in [0.15, 0.2) is 0 Å². The van der Waals surface area contributed by atoms with Crippen LogP contribution in [0.4, 0.5) is 0 Å². The molecule has 0 radical (unpaired) electrons. The van der Waals surface area contributed by atoms with E-state index in [1.54, 1.807) is 0 Å². The molecule has 1 heterocycles. The van der Waals surface area contributed by atoms with Gasteiger partial charge in [0.15, 0.2) is 0 Å². The van der Waals surface area contributed by atoms with Gasteiger partial charge in [0, 0.05) is 18.6 Å². The number of nitrogens with one attached hydrogen (secondary N) is 1. The summed E-state index contributed by atoms with van der Waals surface area (Å²) in [6.07, 6.45) is 8.58. The number of likely N-dealkylation sites (tertiary alicyclic amines) is 1. The SMILES string of the molecule is CC1(C)CCCC1N1CCC(CNC2CC2)C1. The van der Waals surface area contributed by atoms with E-state index in [2.05, 4.69) is 24.1 Å². The van der Waals surface area contributed by atoms with E-state index in [0.29, 0.717) is 5.41 Å². The molecule has 1 N–H and O–H groups in total. The fraction of sp³-hybridized carbons (Fsp3) is 1.00. The Morgan fingerprint density at radius 3 is 2.65 bits per heavy atom. The van der Waals surface area contributed by atoms with Crippen molar-refractivity contribution in [3.63, 3.8) is 0 Å². The first-order valence-corrected chi connectivity index (χ1v) is 7.62. The summed E-state index contributed by atoms with van der Waals surface area (Å²) < 4.78 is 0. The first-order chi connectivity index (χ1) is 8.15. The van der Waals surface area contributed by atoms with Crippen molar-refractivity contribution in [3.8, 4) is 0 Å². The van der Waals surface area contributed by atoms with Gasteiger partial charge in [-0.15, -0.1) is 0 Å². The van der Waals surface area contributed by atoms with Gasteiger partial charge >= 0.3 is 0 Å². The van der Waals surface area contributed by atoms with Crippen molar-refractivity contribution >= 4 is 0 Å². The highest BCUT2D eigenvalue weighted by atomic mass is 15.2. The average Bonchev–Trinajstić information content (AvgIpc) is 2.88. The van der Waals surface area contributed by atoms with Gasteiger partial charge < -0.3 is 5.32 Å². The van der Waals surface area contributed by atoms with Crippen molar-refractivity contribution in [1.29, 1.82) is 0 Å². The molecule has 3 aliphatic rings. The number of nitrogens with zero attached hydrogens (tertiary/aromatic N) is 1. The van der Waals surface area contributed by atoms with Crippen molar-refractivity contribution in [1.82, 2.24) is 10.2 Å². The van der Waals surface area contributed by atoms with E-state index in [1.807, 2.05) is 0 Å². The highest BCUT2D eigenvalue weighted by Crippen LogP contribution is 2.42. The van der Waals surface area contributed by atoms with Crippen LogP contribution < -0.4 is 5.32 Å². The quantitative estimate of drug-likeness (QED) is 0.807. The molecule has 0 aromatic heterocycles. The molecule has 0 spiro atoms. The van der Waals surface area contributed by atoms with Crippen LogP contribution in [0.2, 0.25) is 0 Å². The molecular formula is C15H28N2. The zero-order valence-electron chi connectivity index (χ0n) is 11.5. The highest BCUT2D eigenvalue weighted by Gasteiger charge is 2.40. The first-order valence-electron chi connectivity index (χ1n) is 7.62.